The molecule has 0 bridgehead atoms. The molecule has 0 saturated heterocycles. The monoisotopic (exact) mass is 339 g/mol. The number of unbranched alkanes of at least 4 members (excludes halogenated alkanes) is 1. The number of benzene rings is 1. The van der Waals surface area contributed by atoms with E-state index in [0.717, 1.165) is 12.8 Å². The van der Waals surface area contributed by atoms with Gasteiger partial charge in [-0.1, -0.05) is 6.07 Å². The van der Waals surface area contributed by atoms with Crippen molar-refractivity contribution in [3.63, 3.8) is 0 Å². The molecular formula is C17H26FN3O3. The number of nitrogens with one attached hydrogen (secondary N) is 2. The number of carbonyl (C=O) groups is 1. The second-order valence-corrected chi connectivity index (χ2v) is 5.30. The van der Waals surface area contributed by atoms with Crippen LogP contribution in [0.1, 0.15) is 26.2 Å². The lowest BCUT2D eigenvalue weighted by atomic mass is 10.2. The zero-order valence-electron chi connectivity index (χ0n) is 14.5. The maximum absolute atomic E-state index is 13.1. The molecule has 1 rings (SSSR count). The molecule has 0 saturated carbocycles. The maximum atomic E-state index is 13.1. The van der Waals surface area contributed by atoms with E-state index in [1.807, 2.05) is 6.92 Å². The summed E-state index contributed by atoms with van der Waals surface area (Å²) in [6, 6.07) is 6.06. The quantitative estimate of drug-likeness (QED) is 0.312. The molecule has 0 aliphatic rings. The Balaban J connectivity index is 2.22. The third-order valence-corrected chi connectivity index (χ3v) is 3.24. The number of carbonyl (C=O) groups excluding carboxylic acids is 1. The fourth-order valence-electron chi connectivity index (χ4n) is 1.98. The van der Waals surface area contributed by atoms with Gasteiger partial charge in [-0.2, -0.15) is 0 Å². The molecule has 0 radical (unpaired) electrons. The van der Waals surface area contributed by atoms with Crippen LogP contribution >= 0.6 is 0 Å². The molecule has 0 aromatic heterocycles. The number of rotatable bonds is 9. The van der Waals surface area contributed by atoms with Crippen LogP contribution in [0.5, 0.6) is 5.75 Å². The molecule has 1 unspecified atom stereocenters. The Morgan fingerprint density at radius 1 is 1.33 bits per heavy atom. The smallest absolute Gasteiger partial charge is 0.305 e. The molecule has 0 aliphatic carbocycles. The summed E-state index contributed by atoms with van der Waals surface area (Å²) in [6.07, 6.45) is 1.87. The molecule has 0 heterocycles. The van der Waals surface area contributed by atoms with Crippen molar-refractivity contribution in [3.8, 4) is 5.75 Å². The normalized spacial score (nSPS) is 12.4. The zero-order chi connectivity index (χ0) is 17.8. The van der Waals surface area contributed by atoms with Gasteiger partial charge in [-0.05, 0) is 31.9 Å². The molecular weight excluding hydrogens is 313 g/mol. The second-order valence-electron chi connectivity index (χ2n) is 5.30. The van der Waals surface area contributed by atoms with Crippen molar-refractivity contribution in [2.75, 3.05) is 27.2 Å². The van der Waals surface area contributed by atoms with E-state index in [1.165, 1.54) is 19.2 Å². The molecule has 1 aromatic rings. The number of aliphatic imine (C=N–C) groups is 1. The highest BCUT2D eigenvalue weighted by Crippen LogP contribution is 2.13. The van der Waals surface area contributed by atoms with Gasteiger partial charge in [-0.25, -0.2) is 4.39 Å². The Labute approximate surface area is 142 Å². The first-order chi connectivity index (χ1) is 11.5. The number of guanidine groups is 1. The summed E-state index contributed by atoms with van der Waals surface area (Å²) in [6.45, 7) is 3.12. The van der Waals surface area contributed by atoms with Gasteiger partial charge in [0.25, 0.3) is 0 Å². The van der Waals surface area contributed by atoms with Crippen molar-refractivity contribution in [1.82, 2.24) is 10.6 Å². The van der Waals surface area contributed by atoms with Gasteiger partial charge >= 0.3 is 5.97 Å². The lowest BCUT2D eigenvalue weighted by molar-refractivity contribution is -0.140. The van der Waals surface area contributed by atoms with Crippen LogP contribution in [0.3, 0.4) is 0 Å². The first-order valence-electron chi connectivity index (χ1n) is 7.98. The van der Waals surface area contributed by atoms with Crippen LogP contribution in [0, 0.1) is 5.82 Å². The lowest BCUT2D eigenvalue weighted by Crippen LogP contribution is -2.42. The minimum atomic E-state index is -0.322. The van der Waals surface area contributed by atoms with Gasteiger partial charge < -0.3 is 20.1 Å². The van der Waals surface area contributed by atoms with E-state index in [1.54, 1.807) is 19.2 Å². The lowest BCUT2D eigenvalue weighted by Gasteiger charge is -2.17. The molecule has 1 aromatic carbocycles. The minimum absolute atomic E-state index is 0.148. The Morgan fingerprint density at radius 2 is 2.12 bits per heavy atom. The molecule has 0 spiro atoms. The summed E-state index contributed by atoms with van der Waals surface area (Å²) in [5.74, 6) is 0.635. The van der Waals surface area contributed by atoms with E-state index in [4.69, 9.17) is 4.74 Å². The van der Waals surface area contributed by atoms with Crippen LogP contribution in [-0.4, -0.2) is 45.3 Å². The number of hydrogen-bond acceptors (Lipinski definition) is 4. The fourth-order valence-corrected chi connectivity index (χ4v) is 1.98. The number of methoxy groups -OCH3 is 1. The van der Waals surface area contributed by atoms with Gasteiger partial charge in [-0.15, -0.1) is 0 Å². The number of esters is 1. The average molecular weight is 339 g/mol. The summed E-state index contributed by atoms with van der Waals surface area (Å²) in [7, 11) is 3.07. The molecule has 24 heavy (non-hydrogen) atoms. The third-order valence-electron chi connectivity index (χ3n) is 3.24. The largest absolute Gasteiger partial charge is 0.489 e. The number of halogens is 1. The molecule has 1 atom stereocenters. The maximum Gasteiger partial charge on any atom is 0.305 e. The Hall–Kier alpha value is -2.31. The Kier molecular flexibility index (Phi) is 9.26. The summed E-state index contributed by atoms with van der Waals surface area (Å²) < 4.78 is 23.3. The predicted molar refractivity (Wildman–Crippen MR) is 91.7 cm³/mol. The highest BCUT2D eigenvalue weighted by atomic mass is 19.1. The highest BCUT2D eigenvalue weighted by molar-refractivity contribution is 5.79. The SMILES string of the molecule is CN=C(NCCCCC(=O)OC)NCC(C)Oc1cccc(F)c1. The molecule has 134 valence electrons. The second kappa shape index (κ2) is 11.3. The number of hydrogen-bond donors (Lipinski definition) is 2. The van der Waals surface area contributed by atoms with E-state index < -0.39 is 0 Å². The first kappa shape index (κ1) is 19.7. The van der Waals surface area contributed by atoms with Crippen molar-refractivity contribution in [3.05, 3.63) is 30.1 Å². The molecule has 0 aliphatic heterocycles. The summed E-state index contributed by atoms with van der Waals surface area (Å²) in [5.41, 5.74) is 0. The number of ether oxygens (including phenoxy) is 2. The number of nitrogens with zero attached hydrogens (tertiary/aromatic N) is 1. The van der Waals surface area contributed by atoms with E-state index in [-0.39, 0.29) is 17.9 Å². The topological polar surface area (TPSA) is 72.0 Å². The van der Waals surface area contributed by atoms with Crippen molar-refractivity contribution in [2.24, 2.45) is 4.99 Å². The van der Waals surface area contributed by atoms with Gasteiger partial charge in [0.05, 0.1) is 13.7 Å². The van der Waals surface area contributed by atoms with Gasteiger partial charge in [0.15, 0.2) is 5.96 Å². The van der Waals surface area contributed by atoms with Crippen LogP contribution in [0.25, 0.3) is 0 Å². The van der Waals surface area contributed by atoms with E-state index in [0.29, 0.717) is 31.2 Å². The molecule has 7 heteroatoms. The van der Waals surface area contributed by atoms with Gasteiger partial charge in [0.1, 0.15) is 17.7 Å². The summed E-state index contributed by atoms with van der Waals surface area (Å²) >= 11 is 0. The average Bonchev–Trinajstić information content (AvgIpc) is 2.57. The van der Waals surface area contributed by atoms with Crippen LogP contribution in [0.4, 0.5) is 4.39 Å². The van der Waals surface area contributed by atoms with Crippen molar-refractivity contribution in [1.29, 1.82) is 0 Å². The van der Waals surface area contributed by atoms with E-state index >= 15 is 0 Å². The molecule has 0 amide bonds. The van der Waals surface area contributed by atoms with Gasteiger partial charge in [-0.3, -0.25) is 9.79 Å². The Morgan fingerprint density at radius 3 is 2.79 bits per heavy atom. The molecule has 0 fully saturated rings. The third kappa shape index (κ3) is 8.36. The van der Waals surface area contributed by atoms with Crippen LogP contribution in [-0.2, 0) is 9.53 Å². The molecule has 2 N–H and O–H groups in total. The predicted octanol–water partition coefficient (Wildman–Crippen LogP) is 2.10. The summed E-state index contributed by atoms with van der Waals surface area (Å²) in [5, 5.41) is 6.30. The van der Waals surface area contributed by atoms with Crippen LogP contribution in [0.15, 0.2) is 29.3 Å². The van der Waals surface area contributed by atoms with E-state index in [9.17, 15) is 9.18 Å². The van der Waals surface area contributed by atoms with E-state index in [2.05, 4.69) is 20.4 Å². The van der Waals surface area contributed by atoms with Crippen LogP contribution < -0.4 is 15.4 Å². The zero-order valence-corrected chi connectivity index (χ0v) is 14.5. The highest BCUT2D eigenvalue weighted by Gasteiger charge is 2.06. The fraction of sp³-hybridized carbons (Fsp3) is 0.529. The van der Waals surface area contributed by atoms with Crippen LogP contribution in [0.2, 0.25) is 0 Å². The summed E-state index contributed by atoms with van der Waals surface area (Å²) in [4.78, 5) is 15.1. The first-order valence-corrected chi connectivity index (χ1v) is 7.98. The molecule has 6 nitrogen and oxygen atoms in total. The van der Waals surface area contributed by atoms with Gasteiger partial charge in [0.2, 0.25) is 0 Å². The standard InChI is InChI=1S/C17H26FN3O3/c1-13(24-15-8-6-7-14(18)11-15)12-21-17(19-2)20-10-5-4-9-16(22)23-3/h6-8,11,13H,4-5,9-10,12H2,1-3H3,(H2,19,20,21). The Bertz CT molecular complexity index is 538. The van der Waals surface area contributed by atoms with Gasteiger partial charge in [0, 0.05) is 26.1 Å². The van der Waals surface area contributed by atoms with Crippen molar-refractivity contribution >= 4 is 11.9 Å². The van der Waals surface area contributed by atoms with Crippen molar-refractivity contribution in [2.45, 2.75) is 32.3 Å². The minimum Gasteiger partial charge on any atom is -0.489 e. The van der Waals surface area contributed by atoms with Crippen molar-refractivity contribution < 1.29 is 18.7 Å².